The summed E-state index contributed by atoms with van der Waals surface area (Å²) in [6, 6.07) is 6.02. The summed E-state index contributed by atoms with van der Waals surface area (Å²) in [5, 5.41) is 3.42. The van der Waals surface area contributed by atoms with E-state index < -0.39 is 10.0 Å². The zero-order chi connectivity index (χ0) is 20.0. The Morgan fingerprint density at radius 1 is 1.18 bits per heavy atom. The number of nitrogens with one attached hydrogen (secondary N) is 1. The number of anilines is 1. The van der Waals surface area contributed by atoms with Gasteiger partial charge in [0, 0.05) is 58.6 Å². The first-order valence-electron chi connectivity index (χ1n) is 10.1. The van der Waals surface area contributed by atoms with Gasteiger partial charge in [-0.15, -0.1) is 0 Å². The predicted molar refractivity (Wildman–Crippen MR) is 113 cm³/mol. The highest BCUT2D eigenvalue weighted by Gasteiger charge is 2.25. The Labute approximate surface area is 168 Å². The number of nitrogens with zero attached hydrogens (tertiary/aromatic N) is 5. The fraction of sp³-hybridized carbons (Fsp3) is 0.684. The fourth-order valence-corrected chi connectivity index (χ4v) is 4.63. The molecule has 8 nitrogen and oxygen atoms in total. The molecule has 2 fully saturated rings. The molecule has 2 aliphatic heterocycles. The molecule has 3 heterocycles. The molecule has 0 bridgehead atoms. The van der Waals surface area contributed by atoms with E-state index in [4.69, 9.17) is 4.99 Å². The van der Waals surface area contributed by atoms with Crippen molar-refractivity contribution in [1.82, 2.24) is 19.5 Å². The zero-order valence-corrected chi connectivity index (χ0v) is 17.7. The van der Waals surface area contributed by atoms with Crippen molar-refractivity contribution in [2.75, 3.05) is 63.5 Å². The third kappa shape index (κ3) is 5.57. The first-order chi connectivity index (χ1) is 13.5. The van der Waals surface area contributed by atoms with Crippen LogP contribution >= 0.6 is 0 Å². The summed E-state index contributed by atoms with van der Waals surface area (Å²) in [6.07, 6.45) is 4.88. The van der Waals surface area contributed by atoms with E-state index in [2.05, 4.69) is 33.1 Å². The number of guanidine groups is 1. The monoisotopic (exact) mass is 408 g/mol. The Kier molecular flexibility index (Phi) is 7.12. The van der Waals surface area contributed by atoms with Gasteiger partial charge in [-0.05, 0) is 37.8 Å². The van der Waals surface area contributed by atoms with Gasteiger partial charge in [0.1, 0.15) is 5.82 Å². The van der Waals surface area contributed by atoms with E-state index >= 15 is 0 Å². The van der Waals surface area contributed by atoms with Gasteiger partial charge in [0.25, 0.3) is 0 Å². The number of hydrogen-bond donors (Lipinski definition) is 1. The van der Waals surface area contributed by atoms with Gasteiger partial charge < -0.3 is 15.1 Å². The molecule has 0 unspecified atom stereocenters. The quantitative estimate of drug-likeness (QED) is 0.574. The van der Waals surface area contributed by atoms with Crippen LogP contribution in [0.4, 0.5) is 5.82 Å². The minimum Gasteiger partial charge on any atom is -0.357 e. The summed E-state index contributed by atoms with van der Waals surface area (Å²) in [6.45, 7) is 8.57. The molecule has 156 valence electrons. The Bertz CT molecular complexity index is 739. The maximum atomic E-state index is 11.7. The van der Waals surface area contributed by atoms with Crippen molar-refractivity contribution in [3.05, 3.63) is 24.4 Å². The van der Waals surface area contributed by atoms with Gasteiger partial charge in [-0.3, -0.25) is 4.99 Å². The van der Waals surface area contributed by atoms with Gasteiger partial charge in [0.05, 0.1) is 6.26 Å². The van der Waals surface area contributed by atoms with Gasteiger partial charge in [-0.2, -0.15) is 0 Å². The van der Waals surface area contributed by atoms with Crippen LogP contribution in [-0.4, -0.2) is 87.2 Å². The van der Waals surface area contributed by atoms with Crippen molar-refractivity contribution in [1.29, 1.82) is 0 Å². The highest BCUT2D eigenvalue weighted by atomic mass is 32.2. The molecule has 2 saturated heterocycles. The van der Waals surface area contributed by atoms with E-state index in [-0.39, 0.29) is 0 Å². The highest BCUT2D eigenvalue weighted by molar-refractivity contribution is 7.88. The van der Waals surface area contributed by atoms with Gasteiger partial charge in [0.2, 0.25) is 10.0 Å². The standard InChI is InChI=1S/C19H32N6O2S/c1-3-20-19(22-16-17-7-10-25(11-8-17)28(2,26)27)24-14-12-23(13-15-24)18-6-4-5-9-21-18/h4-6,9,17H,3,7-8,10-16H2,1-2H3,(H,20,22). The summed E-state index contributed by atoms with van der Waals surface area (Å²) in [5.74, 6) is 2.44. The van der Waals surface area contributed by atoms with Crippen LogP contribution in [0.15, 0.2) is 29.4 Å². The molecule has 9 heteroatoms. The summed E-state index contributed by atoms with van der Waals surface area (Å²) < 4.78 is 24.9. The third-order valence-electron chi connectivity index (χ3n) is 5.43. The molecule has 0 aliphatic carbocycles. The number of sulfonamides is 1. The lowest BCUT2D eigenvalue weighted by atomic mass is 9.98. The van der Waals surface area contributed by atoms with Crippen molar-refractivity contribution < 1.29 is 8.42 Å². The molecule has 0 spiro atoms. The van der Waals surface area contributed by atoms with E-state index in [1.54, 1.807) is 4.31 Å². The lowest BCUT2D eigenvalue weighted by Gasteiger charge is -2.37. The largest absolute Gasteiger partial charge is 0.357 e. The lowest BCUT2D eigenvalue weighted by molar-refractivity contribution is 0.279. The Morgan fingerprint density at radius 2 is 1.89 bits per heavy atom. The number of aromatic nitrogens is 1. The molecule has 0 saturated carbocycles. The average Bonchev–Trinajstić information content (AvgIpc) is 2.71. The molecule has 28 heavy (non-hydrogen) atoms. The van der Waals surface area contributed by atoms with Crippen molar-refractivity contribution in [3.8, 4) is 0 Å². The molecular formula is C19H32N6O2S. The van der Waals surface area contributed by atoms with Crippen LogP contribution in [0.1, 0.15) is 19.8 Å². The normalized spacial score (nSPS) is 20.4. The molecule has 0 radical (unpaired) electrons. The number of aliphatic imine (C=N–C) groups is 1. The van der Waals surface area contributed by atoms with Crippen molar-refractivity contribution in [2.45, 2.75) is 19.8 Å². The van der Waals surface area contributed by atoms with E-state index in [1.807, 2.05) is 18.3 Å². The van der Waals surface area contributed by atoms with Crippen LogP contribution in [0.2, 0.25) is 0 Å². The predicted octanol–water partition coefficient (Wildman–Crippen LogP) is 0.841. The lowest BCUT2D eigenvalue weighted by Crippen LogP contribution is -2.53. The van der Waals surface area contributed by atoms with Crippen molar-refractivity contribution in [2.24, 2.45) is 10.9 Å². The first kappa shape index (κ1) is 20.9. The Morgan fingerprint density at radius 3 is 2.46 bits per heavy atom. The second kappa shape index (κ2) is 9.56. The van der Waals surface area contributed by atoms with Crippen LogP contribution in [0.25, 0.3) is 0 Å². The highest BCUT2D eigenvalue weighted by Crippen LogP contribution is 2.19. The second-order valence-corrected chi connectivity index (χ2v) is 9.44. The van der Waals surface area contributed by atoms with E-state index in [1.165, 1.54) is 6.26 Å². The molecule has 1 aromatic rings. The third-order valence-corrected chi connectivity index (χ3v) is 6.73. The number of pyridine rings is 1. The van der Waals surface area contributed by atoms with E-state index in [0.717, 1.165) is 63.9 Å². The minimum atomic E-state index is -3.07. The maximum absolute atomic E-state index is 11.7. The van der Waals surface area contributed by atoms with Crippen molar-refractivity contribution in [3.63, 3.8) is 0 Å². The molecule has 1 aromatic heterocycles. The maximum Gasteiger partial charge on any atom is 0.211 e. The summed E-state index contributed by atoms with van der Waals surface area (Å²) in [5.41, 5.74) is 0. The molecular weight excluding hydrogens is 376 g/mol. The van der Waals surface area contributed by atoms with Crippen LogP contribution in [0, 0.1) is 5.92 Å². The summed E-state index contributed by atoms with van der Waals surface area (Å²) in [4.78, 5) is 13.9. The molecule has 0 atom stereocenters. The zero-order valence-electron chi connectivity index (χ0n) is 16.9. The van der Waals surface area contributed by atoms with Crippen LogP contribution in [0.3, 0.4) is 0 Å². The smallest absolute Gasteiger partial charge is 0.211 e. The number of hydrogen-bond acceptors (Lipinski definition) is 5. The molecule has 0 aromatic carbocycles. The summed E-state index contributed by atoms with van der Waals surface area (Å²) >= 11 is 0. The second-order valence-electron chi connectivity index (χ2n) is 7.46. The summed E-state index contributed by atoms with van der Waals surface area (Å²) in [7, 11) is -3.07. The topological polar surface area (TPSA) is 81.1 Å². The van der Waals surface area contributed by atoms with Crippen LogP contribution in [0.5, 0.6) is 0 Å². The van der Waals surface area contributed by atoms with Crippen molar-refractivity contribution >= 4 is 21.8 Å². The molecule has 1 N–H and O–H groups in total. The average molecular weight is 409 g/mol. The van der Waals surface area contributed by atoms with Gasteiger partial charge >= 0.3 is 0 Å². The van der Waals surface area contributed by atoms with Gasteiger partial charge in [0.15, 0.2) is 5.96 Å². The number of piperidine rings is 1. The van der Waals surface area contributed by atoms with E-state index in [9.17, 15) is 8.42 Å². The minimum absolute atomic E-state index is 0.446. The van der Waals surface area contributed by atoms with Crippen LogP contribution in [-0.2, 0) is 10.0 Å². The fourth-order valence-electron chi connectivity index (χ4n) is 3.75. The SMILES string of the molecule is CCNC(=NCC1CCN(S(C)(=O)=O)CC1)N1CCN(c2ccccn2)CC1. The van der Waals surface area contributed by atoms with Gasteiger partial charge in [-0.1, -0.05) is 6.07 Å². The Hall–Kier alpha value is -1.87. The Balaban J connectivity index is 1.52. The van der Waals surface area contributed by atoms with E-state index in [0.29, 0.717) is 19.0 Å². The van der Waals surface area contributed by atoms with Crippen LogP contribution < -0.4 is 10.2 Å². The first-order valence-corrected chi connectivity index (χ1v) is 12.0. The molecule has 2 aliphatic rings. The number of piperazine rings is 1. The molecule has 3 rings (SSSR count). The molecule has 0 amide bonds. The number of rotatable bonds is 5. The van der Waals surface area contributed by atoms with Gasteiger partial charge in [-0.25, -0.2) is 17.7 Å².